The highest BCUT2D eigenvalue weighted by Gasteiger charge is 2.18. The van der Waals surface area contributed by atoms with Gasteiger partial charge in [-0.25, -0.2) is 0 Å². The van der Waals surface area contributed by atoms with Crippen LogP contribution in [0.25, 0.3) is 11.0 Å². The minimum atomic E-state index is 0.252. The van der Waals surface area contributed by atoms with Crippen LogP contribution in [-0.2, 0) is 11.8 Å². The van der Waals surface area contributed by atoms with Crippen LogP contribution in [0.1, 0.15) is 0 Å². The van der Waals surface area contributed by atoms with Crippen LogP contribution < -0.4 is 4.90 Å². The van der Waals surface area contributed by atoms with Crippen molar-refractivity contribution in [3.8, 4) is 0 Å². The predicted octanol–water partition coefficient (Wildman–Crippen LogP) is 0.853. The number of halogens is 1. The van der Waals surface area contributed by atoms with Gasteiger partial charge in [0.1, 0.15) is 5.82 Å². The van der Waals surface area contributed by atoms with Crippen molar-refractivity contribution in [2.45, 2.75) is 0 Å². The summed E-state index contributed by atoms with van der Waals surface area (Å²) in [5, 5.41) is 5.37. The number of morpholine rings is 1. The van der Waals surface area contributed by atoms with Crippen LogP contribution in [0.2, 0.25) is 5.28 Å². The Labute approximate surface area is 103 Å². The summed E-state index contributed by atoms with van der Waals surface area (Å²) in [6.07, 6.45) is 1.77. The molecule has 0 saturated carbocycles. The predicted molar refractivity (Wildman–Crippen MR) is 64.3 cm³/mol. The summed E-state index contributed by atoms with van der Waals surface area (Å²) in [5.41, 5.74) is 0.756. The largest absolute Gasteiger partial charge is 0.378 e. The number of aryl methyl sites for hydroxylation is 1. The second kappa shape index (κ2) is 4.12. The van der Waals surface area contributed by atoms with Crippen LogP contribution in [0.15, 0.2) is 6.20 Å². The molecule has 0 radical (unpaired) electrons. The average Bonchev–Trinajstić information content (AvgIpc) is 2.72. The zero-order valence-electron chi connectivity index (χ0n) is 9.43. The maximum Gasteiger partial charge on any atom is 0.226 e. The van der Waals surface area contributed by atoms with Gasteiger partial charge in [-0.2, -0.15) is 15.1 Å². The molecule has 1 fully saturated rings. The molecule has 0 amide bonds. The Hall–Kier alpha value is -1.40. The van der Waals surface area contributed by atoms with E-state index in [0.717, 1.165) is 29.9 Å². The van der Waals surface area contributed by atoms with Gasteiger partial charge in [0, 0.05) is 20.1 Å². The summed E-state index contributed by atoms with van der Waals surface area (Å²) in [6, 6.07) is 0. The summed E-state index contributed by atoms with van der Waals surface area (Å²) in [4.78, 5) is 10.7. The second-order valence-corrected chi connectivity index (χ2v) is 4.26. The van der Waals surface area contributed by atoms with Crippen molar-refractivity contribution in [3.63, 3.8) is 0 Å². The van der Waals surface area contributed by atoms with Crippen LogP contribution >= 0.6 is 11.6 Å². The number of ether oxygens (including phenoxy) is 1. The first-order chi connectivity index (χ1) is 8.25. The molecule has 0 unspecified atom stereocenters. The van der Waals surface area contributed by atoms with Gasteiger partial charge in [-0.15, -0.1) is 0 Å². The number of fused-ring (bicyclic) bond motifs is 1. The standard InChI is InChI=1S/C10H12ClN5O/c1-15-8-7(6-12-15)9(14-10(11)13-8)16-2-4-17-5-3-16/h6H,2-5H2,1H3. The Bertz CT molecular complexity index is 549. The fraction of sp³-hybridized carbons (Fsp3) is 0.500. The lowest BCUT2D eigenvalue weighted by atomic mass is 10.3. The monoisotopic (exact) mass is 253 g/mol. The molecule has 1 aliphatic heterocycles. The van der Waals surface area contributed by atoms with E-state index in [1.807, 2.05) is 7.05 Å². The lowest BCUT2D eigenvalue weighted by Gasteiger charge is -2.28. The lowest BCUT2D eigenvalue weighted by molar-refractivity contribution is 0.122. The van der Waals surface area contributed by atoms with Gasteiger partial charge in [0.15, 0.2) is 5.65 Å². The van der Waals surface area contributed by atoms with Gasteiger partial charge >= 0.3 is 0 Å². The van der Waals surface area contributed by atoms with Crippen molar-refractivity contribution in [1.29, 1.82) is 0 Å². The van der Waals surface area contributed by atoms with Crippen molar-refractivity contribution < 1.29 is 4.74 Å². The molecule has 90 valence electrons. The van der Waals surface area contributed by atoms with Gasteiger partial charge in [-0.1, -0.05) is 0 Å². The van der Waals surface area contributed by atoms with Gasteiger partial charge < -0.3 is 9.64 Å². The summed E-state index contributed by atoms with van der Waals surface area (Å²) in [6.45, 7) is 3.06. The molecule has 0 N–H and O–H groups in total. The minimum absolute atomic E-state index is 0.252. The number of anilines is 1. The van der Waals surface area contributed by atoms with Crippen molar-refractivity contribution in [2.75, 3.05) is 31.2 Å². The minimum Gasteiger partial charge on any atom is -0.378 e. The van der Waals surface area contributed by atoms with Gasteiger partial charge in [0.05, 0.1) is 24.8 Å². The summed E-state index contributed by atoms with van der Waals surface area (Å²) < 4.78 is 7.03. The van der Waals surface area contributed by atoms with Crippen molar-refractivity contribution >= 4 is 28.5 Å². The Balaban J connectivity index is 2.13. The van der Waals surface area contributed by atoms with Crippen LogP contribution in [0.5, 0.6) is 0 Å². The first kappa shape index (κ1) is 10.7. The Morgan fingerprint density at radius 3 is 2.82 bits per heavy atom. The number of hydrogen-bond acceptors (Lipinski definition) is 5. The molecule has 17 heavy (non-hydrogen) atoms. The van der Waals surface area contributed by atoms with Gasteiger partial charge in [-0.3, -0.25) is 4.68 Å². The van der Waals surface area contributed by atoms with Crippen LogP contribution in [-0.4, -0.2) is 46.1 Å². The third kappa shape index (κ3) is 1.83. The second-order valence-electron chi connectivity index (χ2n) is 3.92. The van der Waals surface area contributed by atoms with E-state index in [1.165, 1.54) is 0 Å². The molecule has 7 heteroatoms. The van der Waals surface area contributed by atoms with E-state index in [2.05, 4.69) is 20.0 Å². The Morgan fingerprint density at radius 2 is 2.06 bits per heavy atom. The molecular weight excluding hydrogens is 242 g/mol. The van der Waals surface area contributed by atoms with Gasteiger partial charge in [0.25, 0.3) is 0 Å². The van der Waals surface area contributed by atoms with Crippen LogP contribution in [0.4, 0.5) is 5.82 Å². The highest BCUT2D eigenvalue weighted by Crippen LogP contribution is 2.25. The Morgan fingerprint density at radius 1 is 1.29 bits per heavy atom. The first-order valence-corrected chi connectivity index (χ1v) is 5.81. The van der Waals surface area contributed by atoms with Crippen LogP contribution in [0.3, 0.4) is 0 Å². The third-order valence-electron chi connectivity index (χ3n) is 2.86. The highest BCUT2D eigenvalue weighted by molar-refractivity contribution is 6.28. The molecule has 0 aliphatic carbocycles. The maximum atomic E-state index is 5.95. The maximum absolute atomic E-state index is 5.95. The average molecular weight is 254 g/mol. The van der Waals surface area contributed by atoms with Gasteiger partial charge in [0.2, 0.25) is 5.28 Å². The number of aromatic nitrogens is 4. The number of hydrogen-bond donors (Lipinski definition) is 0. The molecule has 6 nitrogen and oxygen atoms in total. The molecule has 0 atom stereocenters. The van der Waals surface area contributed by atoms with E-state index in [9.17, 15) is 0 Å². The normalized spacial score (nSPS) is 16.7. The molecule has 0 bridgehead atoms. The fourth-order valence-electron chi connectivity index (χ4n) is 2.00. The summed E-state index contributed by atoms with van der Waals surface area (Å²) >= 11 is 5.95. The fourth-order valence-corrected chi connectivity index (χ4v) is 2.16. The van der Waals surface area contributed by atoms with Crippen molar-refractivity contribution in [3.05, 3.63) is 11.5 Å². The molecule has 3 rings (SSSR count). The van der Waals surface area contributed by atoms with Gasteiger partial charge in [-0.05, 0) is 11.6 Å². The quantitative estimate of drug-likeness (QED) is 0.706. The highest BCUT2D eigenvalue weighted by atomic mass is 35.5. The smallest absolute Gasteiger partial charge is 0.226 e. The molecule has 3 heterocycles. The summed E-state index contributed by atoms with van der Waals surface area (Å²) in [7, 11) is 1.84. The van der Waals surface area contributed by atoms with Crippen LogP contribution in [0, 0.1) is 0 Å². The SMILES string of the molecule is Cn1ncc2c(N3CCOCC3)nc(Cl)nc21. The number of nitrogens with zero attached hydrogens (tertiary/aromatic N) is 5. The molecule has 0 spiro atoms. The lowest BCUT2D eigenvalue weighted by Crippen LogP contribution is -2.36. The molecular formula is C10H12ClN5O. The Kier molecular flexibility index (Phi) is 2.60. The summed E-state index contributed by atoms with van der Waals surface area (Å²) in [5.74, 6) is 0.844. The van der Waals surface area contributed by atoms with E-state index in [0.29, 0.717) is 13.2 Å². The topological polar surface area (TPSA) is 56.1 Å². The van der Waals surface area contributed by atoms with E-state index in [4.69, 9.17) is 16.3 Å². The van der Waals surface area contributed by atoms with E-state index in [1.54, 1.807) is 10.9 Å². The van der Waals surface area contributed by atoms with Crippen molar-refractivity contribution in [1.82, 2.24) is 19.7 Å². The molecule has 1 aliphatic rings. The third-order valence-corrected chi connectivity index (χ3v) is 3.02. The van der Waals surface area contributed by atoms with Crippen molar-refractivity contribution in [2.24, 2.45) is 7.05 Å². The van der Waals surface area contributed by atoms with E-state index in [-0.39, 0.29) is 5.28 Å². The first-order valence-electron chi connectivity index (χ1n) is 5.43. The number of rotatable bonds is 1. The molecule has 2 aromatic heterocycles. The molecule has 1 saturated heterocycles. The molecule has 2 aromatic rings. The zero-order chi connectivity index (χ0) is 11.8. The molecule has 0 aromatic carbocycles. The van der Waals surface area contributed by atoms with E-state index < -0.39 is 0 Å². The van der Waals surface area contributed by atoms with E-state index >= 15 is 0 Å². The zero-order valence-corrected chi connectivity index (χ0v) is 10.2.